The van der Waals surface area contributed by atoms with Crippen molar-refractivity contribution in [2.45, 2.75) is 12.8 Å². The van der Waals surface area contributed by atoms with Gasteiger partial charge < -0.3 is 4.90 Å². The molecule has 0 fully saturated rings. The van der Waals surface area contributed by atoms with Gasteiger partial charge in [-0.15, -0.1) is 0 Å². The summed E-state index contributed by atoms with van der Waals surface area (Å²) < 4.78 is 0. The highest BCUT2D eigenvalue weighted by Crippen LogP contribution is 2.23. The number of nitrogens with zero attached hydrogens (tertiary/aromatic N) is 5. The van der Waals surface area contributed by atoms with Gasteiger partial charge in [0, 0.05) is 25.2 Å². The lowest BCUT2D eigenvalue weighted by atomic mass is 10.1. The first-order valence-corrected chi connectivity index (χ1v) is 6.37. The maximum absolute atomic E-state index is 12.4. The molecule has 118 valence electrons. The van der Waals surface area contributed by atoms with Gasteiger partial charge in [0.05, 0.1) is 46.5 Å². The fourth-order valence-electron chi connectivity index (χ4n) is 1.80. The van der Waals surface area contributed by atoms with Crippen molar-refractivity contribution in [1.29, 1.82) is 10.5 Å². The number of benzene rings is 1. The first-order chi connectivity index (χ1) is 10.9. The molecule has 0 aliphatic rings. The smallest absolute Gasteiger partial charge is 0.277 e. The van der Waals surface area contributed by atoms with Crippen molar-refractivity contribution < 1.29 is 14.6 Å². The van der Waals surface area contributed by atoms with E-state index in [1.165, 1.54) is 0 Å². The van der Waals surface area contributed by atoms with Gasteiger partial charge in [0.15, 0.2) is 0 Å². The van der Waals surface area contributed by atoms with Gasteiger partial charge in [-0.25, -0.2) is 0 Å². The number of hydrogen-bond donors (Lipinski definition) is 0. The number of amides is 1. The van der Waals surface area contributed by atoms with E-state index in [0.717, 1.165) is 23.1 Å². The normalized spacial score (nSPS) is 9.48. The molecule has 10 heteroatoms. The molecule has 0 radical (unpaired) electrons. The van der Waals surface area contributed by atoms with Crippen LogP contribution >= 0.6 is 0 Å². The van der Waals surface area contributed by atoms with Gasteiger partial charge in [-0.2, -0.15) is 10.5 Å². The Morgan fingerprint density at radius 1 is 1.00 bits per heavy atom. The molecule has 23 heavy (non-hydrogen) atoms. The summed E-state index contributed by atoms with van der Waals surface area (Å²) in [6.45, 7) is 0.0427. The molecular formula is C13H11N5O5. The van der Waals surface area contributed by atoms with E-state index in [1.54, 1.807) is 0 Å². The lowest BCUT2D eigenvalue weighted by Gasteiger charge is -2.20. The van der Waals surface area contributed by atoms with E-state index in [2.05, 4.69) is 0 Å². The van der Waals surface area contributed by atoms with Gasteiger partial charge in [-0.3, -0.25) is 25.0 Å². The number of nitriles is 2. The minimum Gasteiger partial charge on any atom is -0.337 e. The van der Waals surface area contributed by atoms with Gasteiger partial charge in [0.2, 0.25) is 0 Å². The first kappa shape index (κ1) is 17.5. The molecule has 1 aromatic carbocycles. The molecule has 0 saturated heterocycles. The van der Waals surface area contributed by atoms with Crippen LogP contribution in [0.4, 0.5) is 11.4 Å². The average molecular weight is 317 g/mol. The number of hydrogen-bond acceptors (Lipinski definition) is 7. The van der Waals surface area contributed by atoms with Gasteiger partial charge in [0.25, 0.3) is 17.3 Å². The molecule has 0 bridgehead atoms. The summed E-state index contributed by atoms with van der Waals surface area (Å²) in [6.07, 6.45) is 0.0162. The minimum absolute atomic E-state index is 0.00812. The molecule has 0 aromatic heterocycles. The average Bonchev–Trinajstić information content (AvgIpc) is 2.53. The Labute approximate surface area is 130 Å². The van der Waals surface area contributed by atoms with Gasteiger partial charge >= 0.3 is 0 Å². The highest BCUT2D eigenvalue weighted by atomic mass is 16.6. The van der Waals surface area contributed by atoms with Crippen LogP contribution in [-0.2, 0) is 0 Å². The SMILES string of the molecule is N#CCCN(CCC#N)C(=O)c1cc([N+](=O)[O-])cc([N+](=O)[O-])c1. The summed E-state index contributed by atoms with van der Waals surface area (Å²) in [5.74, 6) is -0.706. The lowest BCUT2D eigenvalue weighted by Crippen LogP contribution is -2.32. The number of carbonyl (C=O) groups is 1. The zero-order valence-electron chi connectivity index (χ0n) is 11.8. The van der Waals surface area contributed by atoms with Crippen LogP contribution in [0.5, 0.6) is 0 Å². The molecule has 0 aliphatic heterocycles. The summed E-state index contributed by atoms with van der Waals surface area (Å²) in [5, 5.41) is 38.9. The van der Waals surface area contributed by atoms with Crippen molar-refractivity contribution in [3.8, 4) is 12.1 Å². The van der Waals surface area contributed by atoms with Crippen molar-refractivity contribution in [2.24, 2.45) is 0 Å². The number of nitro benzene ring substituents is 2. The molecule has 0 saturated carbocycles. The van der Waals surface area contributed by atoms with Crippen LogP contribution in [0.3, 0.4) is 0 Å². The van der Waals surface area contributed by atoms with Crippen LogP contribution in [0.15, 0.2) is 18.2 Å². The molecule has 0 heterocycles. The molecule has 1 aromatic rings. The molecule has 0 spiro atoms. The van der Waals surface area contributed by atoms with E-state index in [-0.39, 0.29) is 31.5 Å². The molecule has 0 N–H and O–H groups in total. The summed E-state index contributed by atoms with van der Waals surface area (Å²) in [6, 6.07) is 6.31. The number of nitro groups is 2. The summed E-state index contributed by atoms with van der Waals surface area (Å²) in [7, 11) is 0. The van der Waals surface area contributed by atoms with Crippen LogP contribution in [-0.4, -0.2) is 33.7 Å². The quantitative estimate of drug-likeness (QED) is 0.548. The Morgan fingerprint density at radius 2 is 1.43 bits per heavy atom. The Bertz CT molecular complexity index is 668. The van der Waals surface area contributed by atoms with E-state index >= 15 is 0 Å². The van der Waals surface area contributed by atoms with Crippen molar-refractivity contribution in [2.75, 3.05) is 13.1 Å². The summed E-state index contributed by atoms with van der Waals surface area (Å²) in [5.41, 5.74) is -1.40. The van der Waals surface area contributed by atoms with Crippen LogP contribution in [0, 0.1) is 42.9 Å². The first-order valence-electron chi connectivity index (χ1n) is 6.37. The maximum Gasteiger partial charge on any atom is 0.277 e. The second-order valence-corrected chi connectivity index (χ2v) is 4.36. The Hall–Kier alpha value is -3.53. The van der Waals surface area contributed by atoms with Gasteiger partial charge in [-0.05, 0) is 0 Å². The summed E-state index contributed by atoms with van der Waals surface area (Å²) >= 11 is 0. The number of carbonyl (C=O) groups excluding carboxylic acids is 1. The Balaban J connectivity index is 3.21. The fourth-order valence-corrected chi connectivity index (χ4v) is 1.80. The van der Waals surface area contributed by atoms with Crippen LogP contribution in [0.1, 0.15) is 23.2 Å². The van der Waals surface area contributed by atoms with E-state index < -0.39 is 27.1 Å². The second kappa shape index (κ2) is 8.05. The van der Waals surface area contributed by atoms with Crippen molar-refractivity contribution in [3.63, 3.8) is 0 Å². The van der Waals surface area contributed by atoms with Gasteiger partial charge in [0.1, 0.15) is 0 Å². The van der Waals surface area contributed by atoms with E-state index in [9.17, 15) is 25.0 Å². The second-order valence-electron chi connectivity index (χ2n) is 4.36. The molecule has 0 aliphatic carbocycles. The zero-order chi connectivity index (χ0) is 17.4. The Morgan fingerprint density at radius 3 is 1.78 bits per heavy atom. The number of non-ortho nitro benzene ring substituents is 2. The molecular weight excluding hydrogens is 306 g/mol. The Kier molecular flexibility index (Phi) is 6.13. The van der Waals surface area contributed by atoms with Crippen molar-refractivity contribution in [3.05, 3.63) is 44.0 Å². The van der Waals surface area contributed by atoms with E-state index in [0.29, 0.717) is 0 Å². The van der Waals surface area contributed by atoms with Crippen LogP contribution < -0.4 is 0 Å². The third-order valence-corrected chi connectivity index (χ3v) is 2.85. The predicted octanol–water partition coefficient (Wildman–Crippen LogP) is 1.77. The standard InChI is InChI=1S/C13H11N5O5/c14-3-1-5-16(6-2-4-15)13(19)10-7-11(17(20)21)9-12(8-10)18(22)23/h7-9H,1-2,5-6H2. The van der Waals surface area contributed by atoms with E-state index in [1.807, 2.05) is 12.1 Å². The topological polar surface area (TPSA) is 154 Å². The third-order valence-electron chi connectivity index (χ3n) is 2.85. The van der Waals surface area contributed by atoms with Crippen LogP contribution in [0.25, 0.3) is 0 Å². The lowest BCUT2D eigenvalue weighted by molar-refractivity contribution is -0.394. The molecule has 1 rings (SSSR count). The molecule has 0 atom stereocenters. The predicted molar refractivity (Wildman–Crippen MR) is 76.1 cm³/mol. The third kappa shape index (κ3) is 4.75. The molecule has 0 unspecified atom stereocenters. The minimum atomic E-state index is -0.835. The fraction of sp³-hybridized carbons (Fsp3) is 0.308. The largest absolute Gasteiger partial charge is 0.337 e. The van der Waals surface area contributed by atoms with Crippen molar-refractivity contribution >= 4 is 17.3 Å². The van der Waals surface area contributed by atoms with E-state index in [4.69, 9.17) is 10.5 Å². The van der Waals surface area contributed by atoms with Crippen molar-refractivity contribution in [1.82, 2.24) is 4.90 Å². The molecule has 1 amide bonds. The monoisotopic (exact) mass is 317 g/mol. The van der Waals surface area contributed by atoms with Gasteiger partial charge in [-0.1, -0.05) is 0 Å². The zero-order valence-corrected chi connectivity index (χ0v) is 11.8. The highest BCUT2D eigenvalue weighted by molar-refractivity contribution is 5.95. The number of rotatable bonds is 7. The molecule has 10 nitrogen and oxygen atoms in total. The highest BCUT2D eigenvalue weighted by Gasteiger charge is 2.23. The van der Waals surface area contributed by atoms with Crippen LogP contribution in [0.2, 0.25) is 0 Å². The summed E-state index contributed by atoms with van der Waals surface area (Å²) in [4.78, 5) is 33.5. The maximum atomic E-state index is 12.4.